The van der Waals surface area contributed by atoms with Crippen molar-refractivity contribution >= 4 is 44.5 Å². The molecule has 3 nitrogen and oxygen atoms in total. The molecule has 1 aliphatic rings. The Morgan fingerprint density at radius 3 is 2.57 bits per heavy atom. The van der Waals surface area contributed by atoms with E-state index >= 15 is 0 Å². The zero-order chi connectivity index (χ0) is 10.1. The van der Waals surface area contributed by atoms with Crippen molar-refractivity contribution in [2.24, 2.45) is 5.92 Å². The molecule has 0 aliphatic carbocycles. The fourth-order valence-corrected chi connectivity index (χ4v) is 2.47. The lowest BCUT2D eigenvalue weighted by Crippen LogP contribution is -2.22. The molecule has 0 saturated carbocycles. The topological polar surface area (TPSA) is 29.0 Å². The molecule has 1 aromatic heterocycles. The maximum atomic E-state index is 4.29. The van der Waals surface area contributed by atoms with Crippen LogP contribution in [0.2, 0.25) is 0 Å². The van der Waals surface area contributed by atoms with Gasteiger partial charge in [-0.3, -0.25) is 0 Å². The Labute approximate surface area is 106 Å². The number of hydrogen-bond donors (Lipinski definition) is 0. The molecule has 0 bridgehead atoms. The van der Waals surface area contributed by atoms with Crippen LogP contribution >= 0.6 is 38.5 Å². The first-order valence-electron chi connectivity index (χ1n) is 4.53. The van der Waals surface area contributed by atoms with Crippen LogP contribution in [0.1, 0.15) is 6.92 Å². The van der Waals surface area contributed by atoms with Gasteiger partial charge in [0.1, 0.15) is 0 Å². The Morgan fingerprint density at radius 2 is 2.07 bits per heavy atom. The van der Waals surface area contributed by atoms with E-state index in [1.807, 2.05) is 0 Å². The van der Waals surface area contributed by atoms with Gasteiger partial charge in [-0.05, 0) is 21.8 Å². The van der Waals surface area contributed by atoms with Crippen LogP contribution in [-0.4, -0.2) is 27.0 Å². The van der Waals surface area contributed by atoms with Crippen LogP contribution in [-0.2, 0) is 0 Å². The van der Waals surface area contributed by atoms with E-state index < -0.39 is 0 Å². The monoisotopic (exact) mass is 367 g/mol. The minimum absolute atomic E-state index is 0.708. The summed E-state index contributed by atoms with van der Waals surface area (Å²) in [5.41, 5.74) is 0. The Bertz CT molecular complexity index is 306. The molecule has 1 aliphatic heterocycles. The highest BCUT2D eigenvalue weighted by molar-refractivity contribution is 14.1. The molecule has 1 fully saturated rings. The highest BCUT2D eigenvalue weighted by Crippen LogP contribution is 2.26. The zero-order valence-electron chi connectivity index (χ0n) is 7.82. The van der Waals surface area contributed by atoms with Gasteiger partial charge in [0.25, 0.3) is 0 Å². The number of nitrogens with zero attached hydrogens (tertiary/aromatic N) is 3. The van der Waals surface area contributed by atoms with E-state index in [9.17, 15) is 0 Å². The van der Waals surface area contributed by atoms with Crippen LogP contribution in [0.25, 0.3) is 0 Å². The molecule has 0 amide bonds. The van der Waals surface area contributed by atoms with Crippen LogP contribution < -0.4 is 4.90 Å². The summed E-state index contributed by atoms with van der Waals surface area (Å²) in [5.74, 6) is 1.57. The third kappa shape index (κ3) is 2.18. The van der Waals surface area contributed by atoms with Gasteiger partial charge < -0.3 is 4.90 Å². The van der Waals surface area contributed by atoms with Crippen molar-refractivity contribution in [2.75, 3.05) is 18.0 Å². The molecule has 0 radical (unpaired) electrons. The molecule has 0 aromatic carbocycles. The van der Waals surface area contributed by atoms with Crippen molar-refractivity contribution < 1.29 is 0 Å². The normalized spacial score (nSPS) is 26.9. The lowest BCUT2D eigenvalue weighted by molar-refractivity contribution is 0.685. The summed E-state index contributed by atoms with van der Waals surface area (Å²) in [4.78, 5) is 10.8. The molecule has 0 spiro atoms. The number of hydrogen-bond acceptors (Lipinski definition) is 3. The number of halogens is 2. The molecular formula is C9H11BrIN3. The lowest BCUT2D eigenvalue weighted by Gasteiger charge is -2.14. The summed E-state index contributed by atoms with van der Waals surface area (Å²) < 4.78 is 1.64. The van der Waals surface area contributed by atoms with E-state index in [0.717, 1.165) is 29.4 Å². The SMILES string of the molecule is CC1CN(c2ncc(Br)cn2)CC1I. The van der Waals surface area contributed by atoms with E-state index in [2.05, 4.69) is 60.3 Å². The Morgan fingerprint density at radius 1 is 1.43 bits per heavy atom. The predicted molar refractivity (Wildman–Crippen MR) is 68.9 cm³/mol. The van der Waals surface area contributed by atoms with Gasteiger partial charge in [0.2, 0.25) is 5.95 Å². The van der Waals surface area contributed by atoms with Gasteiger partial charge in [-0.1, -0.05) is 29.5 Å². The minimum Gasteiger partial charge on any atom is -0.339 e. The van der Waals surface area contributed by atoms with Crippen LogP contribution in [0.4, 0.5) is 5.95 Å². The van der Waals surface area contributed by atoms with Gasteiger partial charge in [-0.25, -0.2) is 9.97 Å². The van der Waals surface area contributed by atoms with Gasteiger partial charge in [-0.15, -0.1) is 0 Å². The first kappa shape index (κ1) is 10.6. The molecule has 0 N–H and O–H groups in total. The average molecular weight is 368 g/mol. The van der Waals surface area contributed by atoms with E-state index in [1.165, 1.54) is 0 Å². The van der Waals surface area contributed by atoms with Crippen LogP contribution in [0.5, 0.6) is 0 Å². The molecular weight excluding hydrogens is 357 g/mol. The molecule has 14 heavy (non-hydrogen) atoms. The Hall–Kier alpha value is 0.0900. The number of rotatable bonds is 1. The second-order valence-corrected chi connectivity index (χ2v) is 6.12. The molecule has 1 aromatic rings. The smallest absolute Gasteiger partial charge is 0.225 e. The first-order chi connectivity index (χ1) is 6.66. The van der Waals surface area contributed by atoms with Crippen molar-refractivity contribution in [2.45, 2.75) is 10.8 Å². The largest absolute Gasteiger partial charge is 0.339 e. The highest BCUT2D eigenvalue weighted by atomic mass is 127. The zero-order valence-corrected chi connectivity index (χ0v) is 11.6. The van der Waals surface area contributed by atoms with Crippen molar-refractivity contribution in [1.82, 2.24) is 9.97 Å². The third-order valence-corrected chi connectivity index (χ3v) is 4.44. The Kier molecular flexibility index (Phi) is 3.26. The number of alkyl halides is 1. The minimum atomic E-state index is 0.708. The van der Waals surface area contributed by atoms with Gasteiger partial charge >= 0.3 is 0 Å². The highest BCUT2D eigenvalue weighted by Gasteiger charge is 2.28. The maximum Gasteiger partial charge on any atom is 0.225 e. The van der Waals surface area contributed by atoms with E-state index in [-0.39, 0.29) is 0 Å². The van der Waals surface area contributed by atoms with Crippen molar-refractivity contribution in [3.63, 3.8) is 0 Å². The summed E-state index contributed by atoms with van der Waals surface area (Å²) in [7, 11) is 0. The molecule has 2 rings (SSSR count). The van der Waals surface area contributed by atoms with Crippen LogP contribution in [0.15, 0.2) is 16.9 Å². The second kappa shape index (κ2) is 4.30. The van der Waals surface area contributed by atoms with Crippen molar-refractivity contribution in [1.29, 1.82) is 0 Å². The first-order valence-corrected chi connectivity index (χ1v) is 6.57. The average Bonchev–Trinajstić information content (AvgIpc) is 2.48. The fourth-order valence-electron chi connectivity index (χ4n) is 1.56. The van der Waals surface area contributed by atoms with Crippen LogP contribution in [0, 0.1) is 5.92 Å². The van der Waals surface area contributed by atoms with Gasteiger partial charge in [0.05, 0.1) is 4.47 Å². The fraction of sp³-hybridized carbons (Fsp3) is 0.556. The predicted octanol–water partition coefficient (Wildman–Crippen LogP) is 2.50. The van der Waals surface area contributed by atoms with E-state index in [4.69, 9.17) is 0 Å². The van der Waals surface area contributed by atoms with Crippen LogP contribution in [0.3, 0.4) is 0 Å². The lowest BCUT2D eigenvalue weighted by atomic mass is 10.2. The quantitative estimate of drug-likeness (QED) is 0.564. The van der Waals surface area contributed by atoms with Gasteiger partial charge in [0, 0.05) is 29.4 Å². The molecule has 5 heteroatoms. The summed E-state index contributed by atoms with van der Waals surface area (Å²) in [6.07, 6.45) is 3.60. The summed E-state index contributed by atoms with van der Waals surface area (Å²) >= 11 is 5.83. The summed E-state index contributed by atoms with van der Waals surface area (Å²) in [6.45, 7) is 4.40. The Balaban J connectivity index is 2.13. The second-order valence-electron chi connectivity index (χ2n) is 3.60. The van der Waals surface area contributed by atoms with Gasteiger partial charge in [0.15, 0.2) is 0 Å². The van der Waals surface area contributed by atoms with Crippen molar-refractivity contribution in [3.05, 3.63) is 16.9 Å². The van der Waals surface area contributed by atoms with E-state index in [0.29, 0.717) is 3.92 Å². The molecule has 2 atom stereocenters. The van der Waals surface area contributed by atoms with E-state index in [1.54, 1.807) is 12.4 Å². The number of anilines is 1. The summed E-state index contributed by atoms with van der Waals surface area (Å²) in [5, 5.41) is 0. The molecule has 76 valence electrons. The maximum absolute atomic E-state index is 4.29. The van der Waals surface area contributed by atoms with Gasteiger partial charge in [-0.2, -0.15) is 0 Å². The molecule has 2 unspecified atom stereocenters. The standard InChI is InChI=1S/C9H11BrIN3/c1-6-4-14(5-8(6)11)9-12-2-7(10)3-13-9/h2-3,6,8H,4-5H2,1H3. The number of aromatic nitrogens is 2. The van der Waals surface area contributed by atoms with Crippen molar-refractivity contribution in [3.8, 4) is 0 Å². The molecule has 1 saturated heterocycles. The third-order valence-electron chi connectivity index (χ3n) is 2.41. The summed E-state index contributed by atoms with van der Waals surface area (Å²) in [6, 6.07) is 0. The molecule has 2 heterocycles.